The summed E-state index contributed by atoms with van der Waals surface area (Å²) in [7, 11) is 0. The second-order valence-electron chi connectivity index (χ2n) is 4.86. The molecular formula is C12H20O4. The Bertz CT molecular complexity index is 260. The van der Waals surface area contributed by atoms with E-state index in [1.165, 1.54) is 0 Å². The van der Waals surface area contributed by atoms with Crippen LogP contribution in [0.5, 0.6) is 0 Å². The van der Waals surface area contributed by atoms with Crippen LogP contribution >= 0.6 is 0 Å². The summed E-state index contributed by atoms with van der Waals surface area (Å²) in [5.74, 6) is -0.561. The van der Waals surface area contributed by atoms with Crippen molar-refractivity contribution in [3.05, 3.63) is 0 Å². The maximum absolute atomic E-state index is 11.7. The zero-order chi connectivity index (χ0) is 12.1. The first-order valence-corrected chi connectivity index (χ1v) is 5.86. The molecule has 1 N–H and O–H groups in total. The highest BCUT2D eigenvalue weighted by atomic mass is 16.5. The van der Waals surface area contributed by atoms with Gasteiger partial charge in [-0.3, -0.25) is 9.59 Å². The summed E-state index contributed by atoms with van der Waals surface area (Å²) in [4.78, 5) is 22.4. The minimum Gasteiger partial charge on any atom is -0.481 e. The number of ketones is 1. The van der Waals surface area contributed by atoms with Crippen molar-refractivity contribution < 1.29 is 19.4 Å². The average Bonchev–Trinajstić information content (AvgIpc) is 2.15. The van der Waals surface area contributed by atoms with E-state index in [4.69, 9.17) is 9.84 Å². The molecule has 1 aliphatic rings. The molecule has 0 aromatic carbocycles. The predicted octanol–water partition coefficient (Wildman–Crippen LogP) is 1.87. The van der Waals surface area contributed by atoms with Crippen LogP contribution in [0.2, 0.25) is 0 Å². The molecule has 4 nitrogen and oxygen atoms in total. The summed E-state index contributed by atoms with van der Waals surface area (Å²) in [5, 5.41) is 8.78. The molecule has 1 saturated carbocycles. The minimum atomic E-state index is -0.849. The first-order chi connectivity index (χ1) is 7.50. The summed E-state index contributed by atoms with van der Waals surface area (Å²) in [6.07, 6.45) is 1.64. The molecule has 0 aromatic heterocycles. The van der Waals surface area contributed by atoms with Crippen LogP contribution in [0.3, 0.4) is 0 Å². The molecule has 0 amide bonds. The number of aliphatic carboxylic acids is 1. The van der Waals surface area contributed by atoms with E-state index in [0.717, 1.165) is 12.8 Å². The molecule has 0 heterocycles. The molecule has 1 aliphatic carbocycles. The molecule has 4 heteroatoms. The van der Waals surface area contributed by atoms with Crippen LogP contribution in [0, 0.1) is 11.8 Å². The van der Waals surface area contributed by atoms with Gasteiger partial charge in [0, 0.05) is 18.9 Å². The smallest absolute Gasteiger partial charge is 0.303 e. The highest BCUT2D eigenvalue weighted by molar-refractivity contribution is 5.84. The van der Waals surface area contributed by atoms with E-state index in [2.05, 4.69) is 0 Å². The summed E-state index contributed by atoms with van der Waals surface area (Å²) in [6.45, 7) is 4.55. The lowest BCUT2D eigenvalue weighted by Gasteiger charge is -2.29. The number of carboxylic acids is 1. The van der Waals surface area contributed by atoms with Crippen molar-refractivity contribution >= 4 is 11.8 Å². The van der Waals surface area contributed by atoms with Crippen molar-refractivity contribution in [2.45, 2.75) is 45.6 Å². The molecule has 92 valence electrons. The van der Waals surface area contributed by atoms with Crippen molar-refractivity contribution in [1.29, 1.82) is 0 Å². The van der Waals surface area contributed by atoms with Gasteiger partial charge in [0.15, 0.2) is 5.78 Å². The van der Waals surface area contributed by atoms with Crippen LogP contribution in [0.1, 0.15) is 39.5 Å². The normalized spacial score (nSPS) is 26.1. The highest BCUT2D eigenvalue weighted by Crippen LogP contribution is 2.27. The number of hydrogen-bond acceptors (Lipinski definition) is 3. The number of rotatable bonds is 5. The highest BCUT2D eigenvalue weighted by Gasteiger charge is 2.33. The molecule has 0 bridgehead atoms. The van der Waals surface area contributed by atoms with Crippen LogP contribution in [-0.2, 0) is 14.3 Å². The van der Waals surface area contributed by atoms with E-state index < -0.39 is 12.1 Å². The van der Waals surface area contributed by atoms with Gasteiger partial charge in [-0.25, -0.2) is 0 Å². The molecule has 16 heavy (non-hydrogen) atoms. The van der Waals surface area contributed by atoms with Gasteiger partial charge in [-0.05, 0) is 18.8 Å². The van der Waals surface area contributed by atoms with E-state index in [-0.39, 0.29) is 18.1 Å². The SMILES string of the molecule is CC(C)CO[C@@H]1C(=O)CCC[C@@H]1CC(=O)O. The fourth-order valence-electron chi connectivity index (χ4n) is 2.05. The fourth-order valence-corrected chi connectivity index (χ4v) is 2.05. The van der Waals surface area contributed by atoms with Crippen molar-refractivity contribution in [2.75, 3.05) is 6.61 Å². The maximum Gasteiger partial charge on any atom is 0.303 e. The lowest BCUT2D eigenvalue weighted by Crippen LogP contribution is -2.38. The first-order valence-electron chi connectivity index (χ1n) is 5.86. The van der Waals surface area contributed by atoms with E-state index in [9.17, 15) is 9.59 Å². The molecule has 0 saturated heterocycles. The van der Waals surface area contributed by atoms with Gasteiger partial charge in [0.05, 0.1) is 6.42 Å². The number of carbonyl (C=O) groups is 2. The number of carbonyl (C=O) groups excluding carboxylic acids is 1. The molecule has 0 unspecified atom stereocenters. The molecule has 1 rings (SSSR count). The number of ether oxygens (including phenoxy) is 1. The molecular weight excluding hydrogens is 208 g/mol. The fraction of sp³-hybridized carbons (Fsp3) is 0.833. The van der Waals surface area contributed by atoms with Crippen LogP contribution in [0.4, 0.5) is 0 Å². The Kier molecular flexibility index (Phi) is 4.93. The first kappa shape index (κ1) is 13.2. The van der Waals surface area contributed by atoms with Gasteiger partial charge in [-0.15, -0.1) is 0 Å². The Morgan fingerprint density at radius 3 is 2.81 bits per heavy atom. The third kappa shape index (κ3) is 3.93. The minimum absolute atomic E-state index is 0.0362. The van der Waals surface area contributed by atoms with Gasteiger partial charge in [-0.2, -0.15) is 0 Å². The van der Waals surface area contributed by atoms with Gasteiger partial charge in [-0.1, -0.05) is 13.8 Å². The molecule has 0 radical (unpaired) electrons. The third-order valence-electron chi connectivity index (χ3n) is 2.79. The summed E-state index contributed by atoms with van der Waals surface area (Å²) >= 11 is 0. The summed E-state index contributed by atoms with van der Waals surface area (Å²) in [5.41, 5.74) is 0. The second-order valence-corrected chi connectivity index (χ2v) is 4.86. The van der Waals surface area contributed by atoms with E-state index in [1.54, 1.807) is 0 Å². The van der Waals surface area contributed by atoms with E-state index >= 15 is 0 Å². The van der Waals surface area contributed by atoms with Gasteiger partial charge in [0.1, 0.15) is 6.10 Å². The molecule has 0 aromatic rings. The Morgan fingerprint density at radius 1 is 1.56 bits per heavy atom. The van der Waals surface area contributed by atoms with Crippen LogP contribution in [-0.4, -0.2) is 29.6 Å². The summed E-state index contributed by atoms with van der Waals surface area (Å²) in [6, 6.07) is 0. The van der Waals surface area contributed by atoms with Crippen molar-refractivity contribution in [3.8, 4) is 0 Å². The van der Waals surface area contributed by atoms with Gasteiger partial charge >= 0.3 is 5.97 Å². The number of hydrogen-bond donors (Lipinski definition) is 1. The third-order valence-corrected chi connectivity index (χ3v) is 2.79. The van der Waals surface area contributed by atoms with Crippen molar-refractivity contribution in [2.24, 2.45) is 11.8 Å². The monoisotopic (exact) mass is 228 g/mol. The standard InChI is InChI=1S/C12H20O4/c1-8(2)7-16-12-9(6-11(14)15)4-3-5-10(12)13/h8-9,12H,3-7H2,1-2H3,(H,14,15)/t9-,12+/m1/s1. The van der Waals surface area contributed by atoms with Crippen molar-refractivity contribution in [1.82, 2.24) is 0 Å². The Morgan fingerprint density at radius 2 is 2.25 bits per heavy atom. The van der Waals surface area contributed by atoms with Crippen molar-refractivity contribution in [3.63, 3.8) is 0 Å². The van der Waals surface area contributed by atoms with Crippen LogP contribution in [0.15, 0.2) is 0 Å². The molecule has 0 aliphatic heterocycles. The Hall–Kier alpha value is -0.900. The van der Waals surface area contributed by atoms with E-state index in [1.807, 2.05) is 13.8 Å². The average molecular weight is 228 g/mol. The quantitative estimate of drug-likeness (QED) is 0.780. The zero-order valence-electron chi connectivity index (χ0n) is 9.94. The lowest BCUT2D eigenvalue weighted by molar-refractivity contribution is -0.145. The van der Waals surface area contributed by atoms with Gasteiger partial charge in [0.25, 0.3) is 0 Å². The number of Topliss-reactive ketones (excluding diaryl/α,β-unsaturated/α-hetero) is 1. The number of carboxylic acid groups (broad SMARTS) is 1. The predicted molar refractivity (Wildman–Crippen MR) is 59.2 cm³/mol. The van der Waals surface area contributed by atoms with Gasteiger partial charge < -0.3 is 9.84 Å². The molecule has 1 fully saturated rings. The Balaban J connectivity index is 2.56. The molecule has 0 spiro atoms. The van der Waals surface area contributed by atoms with Crippen LogP contribution in [0.25, 0.3) is 0 Å². The largest absolute Gasteiger partial charge is 0.481 e. The second kappa shape index (κ2) is 5.99. The summed E-state index contributed by atoms with van der Waals surface area (Å²) < 4.78 is 5.56. The van der Waals surface area contributed by atoms with Crippen LogP contribution < -0.4 is 0 Å². The maximum atomic E-state index is 11.7. The topological polar surface area (TPSA) is 63.6 Å². The molecule has 2 atom stereocenters. The zero-order valence-corrected chi connectivity index (χ0v) is 9.94. The van der Waals surface area contributed by atoms with Gasteiger partial charge in [0.2, 0.25) is 0 Å². The van der Waals surface area contributed by atoms with E-state index in [0.29, 0.717) is 18.9 Å². The Labute approximate surface area is 96.0 Å². The lowest BCUT2D eigenvalue weighted by atomic mass is 9.83.